The second-order valence-electron chi connectivity index (χ2n) is 5.26. The highest BCUT2D eigenvalue weighted by atomic mass is 16.5. The third-order valence-electron chi connectivity index (χ3n) is 3.76. The van der Waals surface area contributed by atoms with Gasteiger partial charge in [-0.15, -0.1) is 0 Å². The first-order chi connectivity index (χ1) is 10.2. The molecule has 5 heteroatoms. The Morgan fingerprint density at radius 3 is 2.95 bits per heavy atom. The zero-order valence-electron chi connectivity index (χ0n) is 13.2. The fourth-order valence-electron chi connectivity index (χ4n) is 2.55. The molecule has 0 aromatic heterocycles. The molecule has 1 unspecified atom stereocenters. The van der Waals surface area contributed by atoms with Crippen molar-refractivity contribution in [3.8, 4) is 6.07 Å². The standard InChI is InChI=1S/C16H27N3O2/c1-3-15-8-5-6-10-19(15)13-14(12-17)16(20)18-9-7-11-21-4-2/h13,15H,3-11H2,1-2H3,(H,18,20)/b14-13-. The third kappa shape index (κ3) is 6.17. The Morgan fingerprint density at radius 2 is 2.29 bits per heavy atom. The minimum atomic E-state index is -0.283. The summed E-state index contributed by atoms with van der Waals surface area (Å²) in [5.74, 6) is -0.283. The lowest BCUT2D eigenvalue weighted by Crippen LogP contribution is -2.36. The molecule has 1 saturated heterocycles. The Bertz CT molecular complexity index is 387. The first kappa shape index (κ1) is 17.5. The molecule has 0 spiro atoms. The van der Waals surface area contributed by atoms with Crippen molar-refractivity contribution in [3.05, 3.63) is 11.8 Å². The van der Waals surface area contributed by atoms with Crippen LogP contribution in [0.3, 0.4) is 0 Å². The maximum Gasteiger partial charge on any atom is 0.263 e. The van der Waals surface area contributed by atoms with E-state index in [0.29, 0.717) is 25.8 Å². The molecule has 0 aromatic carbocycles. The van der Waals surface area contributed by atoms with Gasteiger partial charge < -0.3 is 15.0 Å². The third-order valence-corrected chi connectivity index (χ3v) is 3.76. The molecule has 1 N–H and O–H groups in total. The summed E-state index contributed by atoms with van der Waals surface area (Å²) in [7, 11) is 0. The van der Waals surface area contributed by atoms with Gasteiger partial charge in [0, 0.05) is 38.5 Å². The lowest BCUT2D eigenvalue weighted by Gasteiger charge is -2.34. The van der Waals surface area contributed by atoms with Crippen molar-refractivity contribution in [3.63, 3.8) is 0 Å². The zero-order valence-corrected chi connectivity index (χ0v) is 13.2. The Labute approximate surface area is 127 Å². The van der Waals surface area contributed by atoms with Gasteiger partial charge in [-0.05, 0) is 39.0 Å². The van der Waals surface area contributed by atoms with Crippen LogP contribution in [-0.4, -0.2) is 43.2 Å². The molecule has 118 valence electrons. The fourth-order valence-corrected chi connectivity index (χ4v) is 2.55. The Balaban J connectivity index is 2.49. The topological polar surface area (TPSA) is 65.4 Å². The van der Waals surface area contributed by atoms with Gasteiger partial charge in [0.1, 0.15) is 11.6 Å². The molecule has 21 heavy (non-hydrogen) atoms. The summed E-state index contributed by atoms with van der Waals surface area (Å²) in [4.78, 5) is 14.2. The van der Waals surface area contributed by atoms with Crippen molar-refractivity contribution < 1.29 is 9.53 Å². The molecular weight excluding hydrogens is 266 g/mol. The summed E-state index contributed by atoms with van der Waals surface area (Å²) in [5, 5.41) is 12.0. The van der Waals surface area contributed by atoms with Gasteiger partial charge in [0.05, 0.1) is 0 Å². The number of nitrogens with one attached hydrogen (secondary N) is 1. The predicted molar refractivity (Wildman–Crippen MR) is 82.5 cm³/mol. The first-order valence-electron chi connectivity index (χ1n) is 7.96. The number of carbonyl (C=O) groups is 1. The van der Waals surface area contributed by atoms with Crippen molar-refractivity contribution >= 4 is 5.91 Å². The molecule has 0 saturated carbocycles. The molecule has 1 fully saturated rings. The molecule has 1 aliphatic rings. The zero-order chi connectivity index (χ0) is 15.5. The molecular formula is C16H27N3O2. The minimum absolute atomic E-state index is 0.201. The number of hydrogen-bond acceptors (Lipinski definition) is 4. The number of hydrogen-bond donors (Lipinski definition) is 1. The number of carbonyl (C=O) groups excluding carboxylic acids is 1. The van der Waals surface area contributed by atoms with Crippen LogP contribution in [0.2, 0.25) is 0 Å². The fraction of sp³-hybridized carbons (Fsp3) is 0.750. The molecule has 1 atom stereocenters. The van der Waals surface area contributed by atoms with Crippen LogP contribution in [0.4, 0.5) is 0 Å². The molecule has 1 aliphatic heterocycles. The molecule has 0 aromatic rings. The van der Waals surface area contributed by atoms with Gasteiger partial charge in [-0.3, -0.25) is 4.79 Å². The van der Waals surface area contributed by atoms with E-state index in [-0.39, 0.29) is 11.5 Å². The number of ether oxygens (including phenoxy) is 1. The molecule has 0 aliphatic carbocycles. The SMILES string of the molecule is CCOCCCNC(=O)/C(C#N)=C\N1CCCCC1CC. The number of nitriles is 1. The van der Waals surface area contributed by atoms with Gasteiger partial charge in [0.2, 0.25) is 0 Å². The van der Waals surface area contributed by atoms with E-state index < -0.39 is 0 Å². The lowest BCUT2D eigenvalue weighted by atomic mass is 10.0. The lowest BCUT2D eigenvalue weighted by molar-refractivity contribution is -0.117. The Hall–Kier alpha value is -1.54. The summed E-state index contributed by atoms with van der Waals surface area (Å²) >= 11 is 0. The number of rotatable bonds is 8. The Kier molecular flexibility index (Phi) is 8.53. The van der Waals surface area contributed by atoms with Crippen LogP contribution in [0, 0.1) is 11.3 Å². The largest absolute Gasteiger partial charge is 0.382 e. The van der Waals surface area contributed by atoms with Crippen molar-refractivity contribution in [1.29, 1.82) is 5.26 Å². The van der Waals surface area contributed by atoms with Crippen LogP contribution < -0.4 is 5.32 Å². The average molecular weight is 293 g/mol. The van der Waals surface area contributed by atoms with Gasteiger partial charge in [0.25, 0.3) is 5.91 Å². The highest BCUT2D eigenvalue weighted by Gasteiger charge is 2.20. The summed E-state index contributed by atoms with van der Waals surface area (Å²) in [6.07, 6.45) is 7.05. The number of piperidine rings is 1. The maximum absolute atomic E-state index is 12.0. The van der Waals surface area contributed by atoms with Crippen molar-refractivity contribution in [2.24, 2.45) is 0 Å². The highest BCUT2D eigenvalue weighted by Crippen LogP contribution is 2.20. The molecule has 0 bridgehead atoms. The summed E-state index contributed by atoms with van der Waals surface area (Å²) in [6.45, 7) is 6.88. The van der Waals surface area contributed by atoms with Gasteiger partial charge in [-0.25, -0.2) is 0 Å². The van der Waals surface area contributed by atoms with E-state index >= 15 is 0 Å². The molecule has 1 heterocycles. The number of amides is 1. The van der Waals surface area contributed by atoms with Crippen molar-refractivity contribution in [2.75, 3.05) is 26.3 Å². The van der Waals surface area contributed by atoms with Crippen LogP contribution in [-0.2, 0) is 9.53 Å². The summed E-state index contributed by atoms with van der Waals surface area (Å²) in [5.41, 5.74) is 0.201. The van der Waals surface area contributed by atoms with E-state index in [4.69, 9.17) is 4.74 Å². The van der Waals surface area contributed by atoms with Crippen LogP contribution in [0.15, 0.2) is 11.8 Å². The first-order valence-corrected chi connectivity index (χ1v) is 7.96. The van der Waals surface area contributed by atoms with E-state index in [0.717, 1.165) is 32.2 Å². The van der Waals surface area contributed by atoms with E-state index in [2.05, 4.69) is 17.1 Å². The predicted octanol–water partition coefficient (Wildman–Crippen LogP) is 2.20. The number of nitrogens with zero attached hydrogens (tertiary/aromatic N) is 2. The van der Waals surface area contributed by atoms with Gasteiger partial charge >= 0.3 is 0 Å². The van der Waals surface area contributed by atoms with Crippen LogP contribution in [0.25, 0.3) is 0 Å². The smallest absolute Gasteiger partial charge is 0.263 e. The van der Waals surface area contributed by atoms with Gasteiger partial charge in [-0.2, -0.15) is 5.26 Å². The van der Waals surface area contributed by atoms with Crippen molar-refractivity contribution in [2.45, 2.75) is 52.0 Å². The quantitative estimate of drug-likeness (QED) is 0.423. The van der Waals surface area contributed by atoms with Gasteiger partial charge in [-0.1, -0.05) is 6.92 Å². The highest BCUT2D eigenvalue weighted by molar-refractivity contribution is 5.97. The molecule has 1 amide bonds. The van der Waals surface area contributed by atoms with Crippen LogP contribution in [0.1, 0.15) is 46.0 Å². The normalized spacial score (nSPS) is 19.2. The maximum atomic E-state index is 12.0. The monoisotopic (exact) mass is 293 g/mol. The van der Waals surface area contributed by atoms with E-state index in [1.165, 1.54) is 6.42 Å². The van der Waals surface area contributed by atoms with Gasteiger partial charge in [0.15, 0.2) is 0 Å². The second-order valence-corrected chi connectivity index (χ2v) is 5.26. The molecule has 0 radical (unpaired) electrons. The van der Waals surface area contributed by atoms with Crippen LogP contribution >= 0.6 is 0 Å². The minimum Gasteiger partial charge on any atom is -0.382 e. The second kappa shape index (κ2) is 10.2. The van der Waals surface area contributed by atoms with E-state index in [9.17, 15) is 10.1 Å². The summed E-state index contributed by atoms with van der Waals surface area (Å²) in [6, 6.07) is 2.47. The molecule has 1 rings (SSSR count). The van der Waals surface area contributed by atoms with E-state index in [1.54, 1.807) is 6.20 Å². The summed E-state index contributed by atoms with van der Waals surface area (Å²) < 4.78 is 5.21. The van der Waals surface area contributed by atoms with E-state index in [1.807, 2.05) is 13.0 Å². The number of likely N-dealkylation sites (tertiary alicyclic amines) is 1. The molecule has 5 nitrogen and oxygen atoms in total. The van der Waals surface area contributed by atoms with Crippen LogP contribution in [0.5, 0.6) is 0 Å². The average Bonchev–Trinajstić information content (AvgIpc) is 2.52. The van der Waals surface area contributed by atoms with Crippen molar-refractivity contribution in [1.82, 2.24) is 10.2 Å². The Morgan fingerprint density at radius 1 is 1.48 bits per heavy atom.